The van der Waals surface area contributed by atoms with E-state index in [9.17, 15) is 4.79 Å². The number of rotatable bonds is 10. The van der Waals surface area contributed by atoms with Gasteiger partial charge in [0, 0.05) is 26.1 Å². The van der Waals surface area contributed by atoms with Crippen molar-refractivity contribution < 1.29 is 9.53 Å². The molecule has 118 valence electrons. The Bertz CT molecular complexity index is 257. The number of hydrogen-bond donors (Lipinski definition) is 1. The second-order valence-electron chi connectivity index (χ2n) is 5.76. The van der Waals surface area contributed by atoms with Crippen LogP contribution in [-0.2, 0) is 9.53 Å². The number of amides is 1. The first kappa shape index (κ1) is 17.4. The van der Waals surface area contributed by atoms with Gasteiger partial charge in [-0.1, -0.05) is 45.4 Å². The van der Waals surface area contributed by atoms with Gasteiger partial charge in [0.15, 0.2) is 0 Å². The molecule has 0 aliphatic carbocycles. The van der Waals surface area contributed by atoms with E-state index in [2.05, 4.69) is 12.2 Å². The number of hydrogen-bond acceptors (Lipinski definition) is 3. The zero-order chi connectivity index (χ0) is 14.6. The zero-order valence-corrected chi connectivity index (χ0v) is 13.3. The number of nitrogens with one attached hydrogen (secondary N) is 1. The number of unbranched alkanes of at least 4 members (excludes halogenated alkanes) is 6. The Kier molecular flexibility index (Phi) is 9.67. The van der Waals surface area contributed by atoms with E-state index in [0.29, 0.717) is 18.9 Å². The molecule has 0 aromatic carbocycles. The molecule has 0 aromatic heterocycles. The minimum Gasteiger partial charge on any atom is -0.373 e. The lowest BCUT2D eigenvalue weighted by Gasteiger charge is -2.33. The number of carbonyl (C=O) groups is 1. The molecule has 1 aliphatic rings. The highest BCUT2D eigenvalue weighted by Gasteiger charge is 2.23. The fraction of sp³-hybridized carbons (Fsp3) is 0.938. The van der Waals surface area contributed by atoms with Crippen LogP contribution in [0.2, 0.25) is 0 Å². The largest absolute Gasteiger partial charge is 0.373 e. The SMILES string of the molecule is CCCCCCCCCC(=O)N1CCOC(CNC)C1. The Hall–Kier alpha value is -0.610. The van der Waals surface area contributed by atoms with Gasteiger partial charge in [0.05, 0.1) is 12.7 Å². The average Bonchev–Trinajstić information content (AvgIpc) is 2.47. The lowest BCUT2D eigenvalue weighted by molar-refractivity contribution is -0.138. The van der Waals surface area contributed by atoms with Gasteiger partial charge in [0.2, 0.25) is 5.91 Å². The number of likely N-dealkylation sites (N-methyl/N-ethyl adjacent to an activating group) is 1. The van der Waals surface area contributed by atoms with Crippen molar-refractivity contribution >= 4 is 5.91 Å². The van der Waals surface area contributed by atoms with Crippen molar-refractivity contribution in [2.24, 2.45) is 0 Å². The molecule has 4 heteroatoms. The minimum absolute atomic E-state index is 0.159. The summed E-state index contributed by atoms with van der Waals surface area (Å²) in [6.07, 6.45) is 9.69. The van der Waals surface area contributed by atoms with E-state index in [0.717, 1.165) is 26.1 Å². The molecule has 20 heavy (non-hydrogen) atoms. The summed E-state index contributed by atoms with van der Waals surface area (Å²) in [6, 6.07) is 0. The van der Waals surface area contributed by atoms with Crippen molar-refractivity contribution in [2.45, 2.75) is 64.4 Å². The molecule has 1 aliphatic heterocycles. The Balaban J connectivity index is 2.06. The monoisotopic (exact) mass is 284 g/mol. The van der Waals surface area contributed by atoms with Crippen molar-refractivity contribution in [2.75, 3.05) is 33.3 Å². The second kappa shape index (κ2) is 11.1. The van der Waals surface area contributed by atoms with Crippen LogP contribution >= 0.6 is 0 Å². The fourth-order valence-corrected chi connectivity index (χ4v) is 2.69. The zero-order valence-electron chi connectivity index (χ0n) is 13.3. The van der Waals surface area contributed by atoms with Gasteiger partial charge in [-0.3, -0.25) is 4.79 Å². The van der Waals surface area contributed by atoms with Gasteiger partial charge in [-0.15, -0.1) is 0 Å². The Morgan fingerprint density at radius 2 is 1.90 bits per heavy atom. The maximum Gasteiger partial charge on any atom is 0.222 e. The summed E-state index contributed by atoms with van der Waals surface area (Å²) in [5, 5.41) is 3.11. The van der Waals surface area contributed by atoms with E-state index >= 15 is 0 Å². The summed E-state index contributed by atoms with van der Waals surface area (Å²) in [7, 11) is 1.92. The van der Waals surface area contributed by atoms with Gasteiger partial charge >= 0.3 is 0 Å². The molecule has 0 aromatic rings. The Morgan fingerprint density at radius 3 is 2.60 bits per heavy atom. The molecule has 0 radical (unpaired) electrons. The van der Waals surface area contributed by atoms with Crippen molar-refractivity contribution in [3.8, 4) is 0 Å². The van der Waals surface area contributed by atoms with E-state index < -0.39 is 0 Å². The molecule has 0 saturated carbocycles. The molecule has 1 saturated heterocycles. The Morgan fingerprint density at radius 1 is 1.20 bits per heavy atom. The quantitative estimate of drug-likeness (QED) is 0.627. The summed E-state index contributed by atoms with van der Waals surface area (Å²) >= 11 is 0. The van der Waals surface area contributed by atoms with Gasteiger partial charge in [0.25, 0.3) is 0 Å². The molecular weight excluding hydrogens is 252 g/mol. The van der Waals surface area contributed by atoms with Crippen LogP contribution in [0.3, 0.4) is 0 Å². The van der Waals surface area contributed by atoms with Crippen LogP contribution < -0.4 is 5.32 Å². The summed E-state index contributed by atoms with van der Waals surface area (Å²) in [5.41, 5.74) is 0. The van der Waals surface area contributed by atoms with Gasteiger partial charge in [-0.25, -0.2) is 0 Å². The van der Waals surface area contributed by atoms with E-state index in [1.54, 1.807) is 0 Å². The van der Waals surface area contributed by atoms with Crippen molar-refractivity contribution in [3.05, 3.63) is 0 Å². The third-order valence-corrected chi connectivity index (χ3v) is 3.92. The summed E-state index contributed by atoms with van der Waals surface area (Å²) in [6.45, 7) is 5.24. The molecule has 1 N–H and O–H groups in total. The maximum atomic E-state index is 12.1. The number of morpholine rings is 1. The maximum absolute atomic E-state index is 12.1. The normalized spacial score (nSPS) is 19.3. The van der Waals surface area contributed by atoms with Crippen molar-refractivity contribution in [1.29, 1.82) is 0 Å². The smallest absolute Gasteiger partial charge is 0.222 e. The lowest BCUT2D eigenvalue weighted by atomic mass is 10.1. The first-order chi connectivity index (χ1) is 9.77. The molecule has 0 spiro atoms. The topological polar surface area (TPSA) is 41.6 Å². The molecule has 0 bridgehead atoms. The molecule has 4 nitrogen and oxygen atoms in total. The fourth-order valence-electron chi connectivity index (χ4n) is 2.69. The predicted octanol–water partition coefficient (Wildman–Crippen LogP) is 2.57. The van der Waals surface area contributed by atoms with E-state index in [1.807, 2.05) is 11.9 Å². The second-order valence-corrected chi connectivity index (χ2v) is 5.76. The van der Waals surface area contributed by atoms with Crippen molar-refractivity contribution in [1.82, 2.24) is 10.2 Å². The summed E-state index contributed by atoms with van der Waals surface area (Å²) < 4.78 is 5.62. The Labute approximate surface area is 124 Å². The van der Waals surface area contributed by atoms with E-state index in [4.69, 9.17) is 4.74 Å². The van der Waals surface area contributed by atoms with Gasteiger partial charge in [-0.05, 0) is 13.5 Å². The third-order valence-electron chi connectivity index (χ3n) is 3.92. The average molecular weight is 284 g/mol. The minimum atomic E-state index is 0.159. The van der Waals surface area contributed by atoms with Crippen LogP contribution in [0, 0.1) is 0 Å². The number of nitrogens with zero attached hydrogens (tertiary/aromatic N) is 1. The van der Waals surface area contributed by atoms with Gasteiger partial charge in [-0.2, -0.15) is 0 Å². The molecule has 1 heterocycles. The van der Waals surface area contributed by atoms with Crippen LogP contribution in [0.4, 0.5) is 0 Å². The van der Waals surface area contributed by atoms with Crippen molar-refractivity contribution in [3.63, 3.8) is 0 Å². The first-order valence-electron chi connectivity index (χ1n) is 8.32. The lowest BCUT2D eigenvalue weighted by Crippen LogP contribution is -2.48. The summed E-state index contributed by atoms with van der Waals surface area (Å²) in [5.74, 6) is 0.308. The van der Waals surface area contributed by atoms with Crippen LogP contribution in [0.15, 0.2) is 0 Å². The highest BCUT2D eigenvalue weighted by molar-refractivity contribution is 5.76. The highest BCUT2D eigenvalue weighted by Crippen LogP contribution is 2.11. The van der Waals surface area contributed by atoms with Crippen LogP contribution in [0.5, 0.6) is 0 Å². The van der Waals surface area contributed by atoms with Crippen LogP contribution in [-0.4, -0.2) is 50.2 Å². The van der Waals surface area contributed by atoms with Crippen LogP contribution in [0.1, 0.15) is 58.3 Å². The molecule has 1 rings (SSSR count). The molecular formula is C16H32N2O2. The molecule has 1 fully saturated rings. The molecule has 1 amide bonds. The third kappa shape index (κ3) is 7.25. The predicted molar refractivity (Wildman–Crippen MR) is 82.9 cm³/mol. The molecule has 1 unspecified atom stereocenters. The first-order valence-corrected chi connectivity index (χ1v) is 8.32. The van der Waals surface area contributed by atoms with Gasteiger partial charge < -0.3 is 15.0 Å². The highest BCUT2D eigenvalue weighted by atomic mass is 16.5. The van der Waals surface area contributed by atoms with E-state index in [-0.39, 0.29) is 6.10 Å². The standard InChI is InChI=1S/C16H32N2O2/c1-3-4-5-6-7-8-9-10-16(19)18-11-12-20-15(14-18)13-17-2/h15,17H,3-14H2,1-2H3. The number of carbonyl (C=O) groups excluding carboxylic acids is 1. The summed E-state index contributed by atoms with van der Waals surface area (Å²) in [4.78, 5) is 14.1. The number of ether oxygens (including phenoxy) is 1. The van der Waals surface area contributed by atoms with E-state index in [1.165, 1.54) is 38.5 Å². The van der Waals surface area contributed by atoms with Crippen LogP contribution in [0.25, 0.3) is 0 Å². The molecule has 1 atom stereocenters. The van der Waals surface area contributed by atoms with Gasteiger partial charge in [0.1, 0.15) is 0 Å².